The molecule has 0 rings (SSSR count). The van der Waals surface area contributed by atoms with Gasteiger partial charge in [-0.15, -0.1) is 0 Å². The Morgan fingerprint density at radius 3 is 1.58 bits per heavy atom. The Kier molecular flexibility index (Phi) is 25.1. The first-order valence-electron chi connectivity index (χ1n) is 8.34. The van der Waals surface area contributed by atoms with E-state index in [1.807, 2.05) is 0 Å². The number of hydrogen-bond acceptors (Lipinski definition) is 12. The largest absolute Gasteiger partial charge is 0.508 e. The second-order valence-corrected chi connectivity index (χ2v) is 4.98. The zero-order valence-corrected chi connectivity index (χ0v) is 18.6. The first-order valence-corrected chi connectivity index (χ1v) is 8.72. The van der Waals surface area contributed by atoms with Gasteiger partial charge < -0.3 is 38.3 Å². The second kappa shape index (κ2) is 23.6. The second-order valence-electron chi connectivity index (χ2n) is 4.68. The van der Waals surface area contributed by atoms with Crippen molar-refractivity contribution in [1.29, 1.82) is 0 Å². The molecule has 0 spiro atoms. The molecule has 0 saturated heterocycles. The van der Waals surface area contributed by atoms with E-state index in [4.69, 9.17) is 21.4 Å². The molecule has 13 heteroatoms. The molecule has 1 N–H and O–H groups in total. The number of rotatable bonds is 11. The van der Waals surface area contributed by atoms with Crippen molar-refractivity contribution in [2.75, 3.05) is 54.9 Å². The van der Waals surface area contributed by atoms with Gasteiger partial charge in [0.1, 0.15) is 19.8 Å². The monoisotopic (exact) mass is 472 g/mol. The third-order valence-corrected chi connectivity index (χ3v) is 2.76. The van der Waals surface area contributed by atoms with Crippen molar-refractivity contribution in [2.45, 2.75) is 12.2 Å². The molecule has 0 bridgehead atoms. The van der Waals surface area contributed by atoms with Crippen LogP contribution in [0.5, 0.6) is 0 Å². The van der Waals surface area contributed by atoms with Gasteiger partial charge in [-0.2, -0.15) is 0 Å². The van der Waals surface area contributed by atoms with Crippen LogP contribution in [-0.4, -0.2) is 95.7 Å². The standard InChI is InChI=1S/C9H14O6.C5H10O4.C4H5ClO2/c1-4-5-14-9(11)15-6-7(12-2)8(10)13-3;1-8-4(3-6)5(7)9-2;1-2-3-7-4(5)6/h4,7H,1,5-6H2,2-3H3;4,6H,3H2,1-2H3;2H,1,3H2. The fraction of sp³-hybridized carbons (Fsp3) is 0.556. The Hall–Kier alpha value is -2.67. The van der Waals surface area contributed by atoms with Crippen LogP contribution in [-0.2, 0) is 42.7 Å². The molecule has 2 unspecified atom stereocenters. The Morgan fingerprint density at radius 2 is 1.29 bits per heavy atom. The van der Waals surface area contributed by atoms with Crippen LogP contribution < -0.4 is 0 Å². The van der Waals surface area contributed by atoms with E-state index in [0.717, 1.165) is 0 Å². The van der Waals surface area contributed by atoms with Crippen molar-refractivity contribution in [3.8, 4) is 0 Å². The SMILES string of the molecule is C=CCOC(=O)Cl.C=CCOC(=O)OCC(OC)C(=O)OC.COC(=O)C(CO)OC. The summed E-state index contributed by atoms with van der Waals surface area (Å²) < 4.78 is 31.2. The maximum Gasteiger partial charge on any atom is 0.508 e. The molecule has 0 aliphatic rings. The lowest BCUT2D eigenvalue weighted by Gasteiger charge is -2.12. The Labute approximate surface area is 185 Å². The number of esters is 2. The lowest BCUT2D eigenvalue weighted by Crippen LogP contribution is -2.30. The van der Waals surface area contributed by atoms with Crippen molar-refractivity contribution >= 4 is 35.1 Å². The minimum atomic E-state index is -0.939. The molecule has 0 aromatic heterocycles. The minimum absolute atomic E-state index is 0.0503. The van der Waals surface area contributed by atoms with Gasteiger partial charge in [-0.25, -0.2) is 19.2 Å². The zero-order valence-electron chi connectivity index (χ0n) is 17.9. The first-order chi connectivity index (χ1) is 14.7. The maximum atomic E-state index is 11.0. The van der Waals surface area contributed by atoms with E-state index in [2.05, 4.69) is 41.6 Å². The average molecular weight is 473 g/mol. The molecule has 2 atom stereocenters. The van der Waals surface area contributed by atoms with E-state index in [1.54, 1.807) is 0 Å². The normalized spacial score (nSPS) is 10.9. The van der Waals surface area contributed by atoms with E-state index >= 15 is 0 Å². The number of aliphatic hydroxyl groups excluding tert-OH is 1. The summed E-state index contributed by atoms with van der Waals surface area (Å²) in [5.74, 6) is -1.17. The molecule has 31 heavy (non-hydrogen) atoms. The molecule has 0 radical (unpaired) electrons. The number of methoxy groups -OCH3 is 4. The Balaban J connectivity index is -0.000000417. The van der Waals surface area contributed by atoms with Gasteiger partial charge in [0.25, 0.3) is 0 Å². The van der Waals surface area contributed by atoms with Crippen molar-refractivity contribution in [1.82, 2.24) is 0 Å². The fourth-order valence-corrected chi connectivity index (χ4v) is 1.24. The number of carbonyl (C=O) groups excluding carboxylic acids is 4. The van der Waals surface area contributed by atoms with E-state index in [0.29, 0.717) is 0 Å². The molecule has 0 aromatic rings. The highest BCUT2D eigenvalue weighted by atomic mass is 35.5. The molecular weight excluding hydrogens is 444 g/mol. The van der Waals surface area contributed by atoms with Gasteiger partial charge in [0, 0.05) is 25.8 Å². The smallest absolute Gasteiger partial charge is 0.467 e. The molecule has 0 aliphatic heterocycles. The average Bonchev–Trinajstić information content (AvgIpc) is 2.77. The topological polar surface area (TPSA) is 153 Å². The first kappa shape index (κ1) is 33.0. The summed E-state index contributed by atoms with van der Waals surface area (Å²) in [5.41, 5.74) is -0.792. The maximum absolute atomic E-state index is 11.0. The van der Waals surface area contributed by atoms with Gasteiger partial charge >= 0.3 is 23.5 Å². The zero-order chi connectivity index (χ0) is 24.7. The van der Waals surface area contributed by atoms with E-state index in [-0.39, 0.29) is 26.4 Å². The van der Waals surface area contributed by atoms with Gasteiger partial charge in [-0.05, 0) is 0 Å². The van der Waals surface area contributed by atoms with Crippen molar-refractivity contribution in [3.05, 3.63) is 25.3 Å². The van der Waals surface area contributed by atoms with Crippen LogP contribution >= 0.6 is 11.6 Å². The summed E-state index contributed by atoms with van der Waals surface area (Å²) in [7, 11) is 5.09. The van der Waals surface area contributed by atoms with Gasteiger partial charge in [0.15, 0.2) is 12.2 Å². The van der Waals surface area contributed by atoms with Gasteiger partial charge in [-0.1, -0.05) is 25.3 Å². The van der Waals surface area contributed by atoms with Crippen LogP contribution in [0.25, 0.3) is 0 Å². The highest BCUT2D eigenvalue weighted by Gasteiger charge is 2.20. The predicted molar refractivity (Wildman–Crippen MR) is 108 cm³/mol. The van der Waals surface area contributed by atoms with Crippen molar-refractivity contribution < 1.29 is 57.4 Å². The molecular formula is C18H29ClO12. The summed E-state index contributed by atoms with van der Waals surface area (Å²) in [5, 5.41) is 8.40. The molecule has 0 amide bonds. The third-order valence-electron chi connectivity index (χ3n) is 2.65. The van der Waals surface area contributed by atoms with Crippen molar-refractivity contribution in [2.24, 2.45) is 0 Å². The quantitative estimate of drug-likeness (QED) is 0.199. The van der Waals surface area contributed by atoms with E-state index < -0.39 is 35.7 Å². The number of carbonyl (C=O) groups is 4. The van der Waals surface area contributed by atoms with Crippen LogP contribution in [0.1, 0.15) is 0 Å². The van der Waals surface area contributed by atoms with Gasteiger partial charge in [-0.3, -0.25) is 0 Å². The summed E-state index contributed by atoms with van der Waals surface area (Å²) in [6.07, 6.45) is 0.178. The summed E-state index contributed by atoms with van der Waals surface area (Å²) in [6.45, 7) is 6.29. The summed E-state index contributed by atoms with van der Waals surface area (Å²) in [4.78, 5) is 42.0. The van der Waals surface area contributed by atoms with Gasteiger partial charge in [0.2, 0.25) is 0 Å². The van der Waals surface area contributed by atoms with E-state index in [1.165, 1.54) is 40.6 Å². The molecule has 0 fully saturated rings. The van der Waals surface area contributed by atoms with Gasteiger partial charge in [0.05, 0.1) is 20.8 Å². The van der Waals surface area contributed by atoms with Crippen molar-refractivity contribution in [3.63, 3.8) is 0 Å². The summed E-state index contributed by atoms with van der Waals surface area (Å²) in [6, 6.07) is 0. The number of ether oxygens (including phenoxy) is 7. The predicted octanol–water partition coefficient (Wildman–Crippen LogP) is 1.23. The number of hydrogen-bond donors (Lipinski definition) is 1. The molecule has 0 heterocycles. The Morgan fingerprint density at radius 1 is 0.839 bits per heavy atom. The highest BCUT2D eigenvalue weighted by Crippen LogP contribution is 1.96. The molecule has 0 aliphatic carbocycles. The van der Waals surface area contributed by atoms with Crippen LogP contribution in [0.2, 0.25) is 0 Å². The highest BCUT2D eigenvalue weighted by molar-refractivity contribution is 6.61. The number of aliphatic hydroxyl groups is 1. The van der Waals surface area contributed by atoms with E-state index in [9.17, 15) is 19.2 Å². The lowest BCUT2D eigenvalue weighted by atomic mass is 10.4. The van der Waals surface area contributed by atoms with Crippen LogP contribution in [0, 0.1) is 0 Å². The Bertz CT molecular complexity index is 534. The van der Waals surface area contributed by atoms with Crippen LogP contribution in [0.3, 0.4) is 0 Å². The third kappa shape index (κ3) is 21.8. The lowest BCUT2D eigenvalue weighted by molar-refractivity contribution is -0.155. The molecule has 0 aromatic carbocycles. The van der Waals surface area contributed by atoms with Crippen LogP contribution in [0.4, 0.5) is 9.59 Å². The minimum Gasteiger partial charge on any atom is -0.467 e. The summed E-state index contributed by atoms with van der Waals surface area (Å²) >= 11 is 4.75. The molecule has 12 nitrogen and oxygen atoms in total. The fourth-order valence-electron chi connectivity index (χ4n) is 1.18. The molecule has 0 saturated carbocycles. The number of halogens is 1. The van der Waals surface area contributed by atoms with Crippen LogP contribution in [0.15, 0.2) is 25.3 Å². The molecule has 180 valence electrons.